The van der Waals surface area contributed by atoms with Crippen LogP contribution in [0.1, 0.15) is 93.4 Å². The van der Waals surface area contributed by atoms with Crippen LogP contribution in [-0.4, -0.2) is 46.7 Å². The number of carbonyl (C=O) groups is 1. The largest absolute Gasteiger partial charge is 0.468 e. The smallest absolute Gasteiger partial charge is 0.318 e. The van der Waals surface area contributed by atoms with Crippen LogP contribution in [0.4, 0.5) is 0 Å². The fraction of sp³-hybridized carbons (Fsp3) is 0.839. The van der Waals surface area contributed by atoms with E-state index < -0.39 is 29.0 Å². The highest BCUT2D eigenvalue weighted by atomic mass is 16.5. The van der Waals surface area contributed by atoms with Gasteiger partial charge in [-0.05, 0) is 89.6 Å². The molecule has 36 heavy (non-hydrogen) atoms. The van der Waals surface area contributed by atoms with Gasteiger partial charge in [0.2, 0.25) is 0 Å². The first kappa shape index (κ1) is 26.4. The molecule has 5 aliphatic rings. The van der Waals surface area contributed by atoms with Gasteiger partial charge in [-0.25, -0.2) is 0 Å². The van der Waals surface area contributed by atoms with Crippen molar-refractivity contribution in [3.8, 4) is 0 Å². The molecule has 0 aromatic heterocycles. The van der Waals surface area contributed by atoms with E-state index in [4.69, 9.17) is 4.74 Å². The number of allylic oxidation sites excluding steroid dienone is 3. The maximum atomic E-state index is 13.4. The van der Waals surface area contributed by atoms with E-state index in [-0.39, 0.29) is 34.2 Å². The molecule has 3 saturated carbocycles. The zero-order chi connectivity index (χ0) is 26.7. The number of ether oxygens (including phenoxy) is 1. The minimum absolute atomic E-state index is 0.0648. The first-order chi connectivity index (χ1) is 16.5. The second-order valence-corrected chi connectivity index (χ2v) is 15.0. The van der Waals surface area contributed by atoms with Gasteiger partial charge in [0.15, 0.2) is 0 Å². The molecular weight excluding hydrogens is 452 g/mol. The molecule has 0 bridgehead atoms. The number of aliphatic hydroxyl groups excluding tert-OH is 3. The number of esters is 1. The van der Waals surface area contributed by atoms with Gasteiger partial charge in [0.1, 0.15) is 5.41 Å². The van der Waals surface area contributed by atoms with Gasteiger partial charge in [0.25, 0.3) is 0 Å². The summed E-state index contributed by atoms with van der Waals surface area (Å²) in [5.74, 6) is 0.332. The molecule has 9 unspecified atom stereocenters. The molecule has 0 saturated heterocycles. The Labute approximate surface area is 217 Å². The number of fused-ring (bicyclic) bond motifs is 6. The van der Waals surface area contributed by atoms with Gasteiger partial charge in [-0.15, -0.1) is 0 Å². The normalized spacial score (nSPS) is 50.9. The summed E-state index contributed by atoms with van der Waals surface area (Å²) in [7, 11) is 1.39. The Bertz CT molecular complexity index is 1020. The van der Waals surface area contributed by atoms with Crippen molar-refractivity contribution in [1.82, 2.24) is 0 Å². The van der Waals surface area contributed by atoms with Gasteiger partial charge in [0.05, 0.1) is 25.4 Å². The third-order valence-corrected chi connectivity index (χ3v) is 12.8. The molecule has 5 rings (SSSR count). The Morgan fingerprint density at radius 1 is 0.917 bits per heavy atom. The summed E-state index contributed by atoms with van der Waals surface area (Å²) >= 11 is 0. The lowest BCUT2D eigenvalue weighted by Gasteiger charge is -2.69. The minimum atomic E-state index is -1.19. The molecule has 0 aromatic rings. The average molecular weight is 501 g/mol. The summed E-state index contributed by atoms with van der Waals surface area (Å²) in [6.45, 7) is 15.8. The maximum absolute atomic E-state index is 13.4. The minimum Gasteiger partial charge on any atom is -0.468 e. The first-order valence-electron chi connectivity index (χ1n) is 14.1. The van der Waals surface area contributed by atoms with Crippen molar-refractivity contribution >= 4 is 5.97 Å². The monoisotopic (exact) mass is 500 g/mol. The Kier molecular flexibility index (Phi) is 5.65. The van der Waals surface area contributed by atoms with Crippen LogP contribution in [0.5, 0.6) is 0 Å². The molecule has 3 fully saturated rings. The van der Waals surface area contributed by atoms with E-state index in [0.717, 1.165) is 31.3 Å². The van der Waals surface area contributed by atoms with E-state index in [0.29, 0.717) is 24.7 Å². The summed E-state index contributed by atoms with van der Waals surface area (Å²) in [5, 5.41) is 33.8. The summed E-state index contributed by atoms with van der Waals surface area (Å²) < 4.78 is 5.31. The quantitative estimate of drug-likeness (QED) is 0.432. The highest BCUT2D eigenvalue weighted by Gasteiger charge is 2.69. The number of aliphatic hydroxyl groups is 3. The summed E-state index contributed by atoms with van der Waals surface area (Å²) in [6, 6.07) is 0. The Balaban J connectivity index is 1.72. The predicted octanol–water partition coefficient (Wildman–Crippen LogP) is 5.18. The lowest BCUT2D eigenvalue weighted by molar-refractivity contribution is -0.194. The Morgan fingerprint density at radius 3 is 2.22 bits per heavy atom. The van der Waals surface area contributed by atoms with Crippen LogP contribution in [0.3, 0.4) is 0 Å². The van der Waals surface area contributed by atoms with Crippen molar-refractivity contribution in [2.75, 3.05) is 7.11 Å². The molecule has 5 nitrogen and oxygen atoms in total. The van der Waals surface area contributed by atoms with Crippen molar-refractivity contribution in [3.63, 3.8) is 0 Å². The molecule has 0 amide bonds. The van der Waals surface area contributed by atoms with E-state index in [1.807, 2.05) is 0 Å². The molecule has 5 heteroatoms. The van der Waals surface area contributed by atoms with Crippen molar-refractivity contribution in [2.45, 2.75) is 112 Å². The van der Waals surface area contributed by atoms with Crippen LogP contribution in [0, 0.1) is 44.3 Å². The number of carbonyl (C=O) groups excluding carboxylic acids is 1. The van der Waals surface area contributed by atoms with Crippen LogP contribution >= 0.6 is 0 Å². The van der Waals surface area contributed by atoms with Crippen LogP contribution in [0.15, 0.2) is 23.3 Å². The Hall–Kier alpha value is -1.17. The van der Waals surface area contributed by atoms with Gasteiger partial charge < -0.3 is 20.1 Å². The third kappa shape index (κ3) is 2.97. The lowest BCUT2D eigenvalue weighted by atomic mass is 9.35. The molecule has 0 heterocycles. The second kappa shape index (κ2) is 7.70. The number of methoxy groups -OCH3 is 1. The summed E-state index contributed by atoms with van der Waals surface area (Å²) in [6.07, 6.45) is 7.99. The summed E-state index contributed by atoms with van der Waals surface area (Å²) in [4.78, 5) is 13.4. The van der Waals surface area contributed by atoms with Crippen LogP contribution < -0.4 is 0 Å². The molecule has 0 radical (unpaired) electrons. The van der Waals surface area contributed by atoms with E-state index in [1.54, 1.807) is 0 Å². The molecule has 3 N–H and O–H groups in total. The van der Waals surface area contributed by atoms with Crippen LogP contribution in [0.2, 0.25) is 0 Å². The molecule has 9 atom stereocenters. The fourth-order valence-corrected chi connectivity index (χ4v) is 10.2. The predicted molar refractivity (Wildman–Crippen MR) is 140 cm³/mol. The standard InChI is InChI=1S/C31H48O5/c1-26(2)15-19-18-9-10-21-28(5)13-12-22(32)27(3,4)20(28)11-14-29(21,6)30(18,7)16-24(34)31(19,17-23(26)33)25(35)36-8/h9-10,20-24,32-34H,11-17H2,1-8H3. The van der Waals surface area contributed by atoms with Gasteiger partial charge in [-0.3, -0.25) is 4.79 Å². The molecule has 202 valence electrons. The number of hydrogen-bond acceptors (Lipinski definition) is 5. The molecule has 0 aliphatic heterocycles. The number of rotatable bonds is 1. The van der Waals surface area contributed by atoms with Crippen molar-refractivity contribution in [2.24, 2.45) is 44.3 Å². The van der Waals surface area contributed by atoms with Crippen molar-refractivity contribution < 1.29 is 24.9 Å². The molecule has 0 spiro atoms. The highest BCUT2D eigenvalue weighted by molar-refractivity contribution is 5.83. The third-order valence-electron chi connectivity index (χ3n) is 12.8. The second-order valence-electron chi connectivity index (χ2n) is 15.0. The van der Waals surface area contributed by atoms with Crippen molar-refractivity contribution in [1.29, 1.82) is 0 Å². The van der Waals surface area contributed by atoms with Crippen LogP contribution in [-0.2, 0) is 9.53 Å². The Morgan fingerprint density at radius 2 is 1.58 bits per heavy atom. The lowest BCUT2D eigenvalue weighted by Crippen LogP contribution is -2.65. The van der Waals surface area contributed by atoms with Gasteiger partial charge >= 0.3 is 5.97 Å². The van der Waals surface area contributed by atoms with Gasteiger partial charge in [-0.1, -0.05) is 60.6 Å². The topological polar surface area (TPSA) is 87.0 Å². The average Bonchev–Trinajstić information content (AvgIpc) is 2.78. The number of hydrogen-bond donors (Lipinski definition) is 3. The van der Waals surface area contributed by atoms with Crippen LogP contribution in [0.25, 0.3) is 0 Å². The highest BCUT2D eigenvalue weighted by Crippen LogP contribution is 2.74. The summed E-state index contributed by atoms with van der Waals surface area (Å²) in [5.41, 5.74) is 0.137. The van der Waals surface area contributed by atoms with E-state index in [9.17, 15) is 20.1 Å². The molecule has 5 aliphatic carbocycles. The maximum Gasteiger partial charge on any atom is 0.318 e. The van der Waals surface area contributed by atoms with Gasteiger partial charge in [0, 0.05) is 5.41 Å². The molecular formula is C31H48O5. The van der Waals surface area contributed by atoms with E-state index in [1.165, 1.54) is 12.7 Å². The zero-order valence-electron chi connectivity index (χ0n) is 23.6. The fourth-order valence-electron chi connectivity index (χ4n) is 10.2. The van der Waals surface area contributed by atoms with E-state index in [2.05, 4.69) is 60.6 Å². The van der Waals surface area contributed by atoms with E-state index >= 15 is 0 Å². The van der Waals surface area contributed by atoms with Crippen molar-refractivity contribution in [3.05, 3.63) is 23.3 Å². The first-order valence-corrected chi connectivity index (χ1v) is 14.1. The molecule has 0 aromatic carbocycles. The van der Waals surface area contributed by atoms with Gasteiger partial charge in [-0.2, -0.15) is 0 Å². The zero-order valence-corrected chi connectivity index (χ0v) is 23.6. The SMILES string of the molecule is COC(=O)C12CC(O)C(C)(C)CC1=C1C=CC3C4(C)CCC(O)C(C)(C)C4CCC3(C)C1(C)CC2O.